The molecular weight excluding hydrogens is 506 g/mol. The number of thioether (sulfide) groups is 1. The first kappa shape index (κ1) is 28.3. The SMILES string of the molecule is CCC(C(=O)NC)N(Cc1ccccc1)C(=O)CN(c1ccc(C)cc1)S(=O)(=O)c1ccc(SC)cc1. The molecule has 0 aliphatic carbocycles. The number of hydrogen-bond acceptors (Lipinski definition) is 5. The molecule has 0 aromatic heterocycles. The van der Waals surface area contributed by atoms with Crippen molar-refractivity contribution < 1.29 is 18.0 Å². The number of rotatable bonds is 11. The fraction of sp³-hybridized carbons (Fsp3) is 0.286. The minimum Gasteiger partial charge on any atom is -0.357 e. The van der Waals surface area contributed by atoms with Crippen molar-refractivity contribution in [1.82, 2.24) is 10.2 Å². The molecule has 3 aromatic rings. The van der Waals surface area contributed by atoms with Gasteiger partial charge in [0.1, 0.15) is 12.6 Å². The molecule has 0 saturated carbocycles. The minimum absolute atomic E-state index is 0.0895. The van der Waals surface area contributed by atoms with Gasteiger partial charge in [-0.05, 0) is 61.6 Å². The van der Waals surface area contributed by atoms with Crippen molar-refractivity contribution >= 4 is 39.3 Å². The Morgan fingerprint density at radius 3 is 2.11 bits per heavy atom. The molecule has 0 radical (unpaired) electrons. The van der Waals surface area contributed by atoms with Gasteiger partial charge in [0.05, 0.1) is 10.6 Å². The lowest BCUT2D eigenvalue weighted by Gasteiger charge is -2.33. The van der Waals surface area contributed by atoms with Crippen molar-refractivity contribution in [2.24, 2.45) is 0 Å². The van der Waals surface area contributed by atoms with E-state index in [1.165, 1.54) is 23.7 Å². The molecular formula is C28H33N3O4S2. The van der Waals surface area contributed by atoms with Gasteiger partial charge in [0.2, 0.25) is 11.8 Å². The van der Waals surface area contributed by atoms with Gasteiger partial charge in [-0.1, -0.05) is 55.0 Å². The van der Waals surface area contributed by atoms with Gasteiger partial charge in [0, 0.05) is 18.5 Å². The summed E-state index contributed by atoms with van der Waals surface area (Å²) in [5.41, 5.74) is 2.18. The summed E-state index contributed by atoms with van der Waals surface area (Å²) in [7, 11) is -2.55. The van der Waals surface area contributed by atoms with Crippen molar-refractivity contribution in [3.05, 3.63) is 90.0 Å². The van der Waals surface area contributed by atoms with Crippen molar-refractivity contribution in [3.63, 3.8) is 0 Å². The van der Waals surface area contributed by atoms with E-state index in [0.717, 1.165) is 20.3 Å². The number of carbonyl (C=O) groups excluding carboxylic acids is 2. The zero-order valence-corrected chi connectivity index (χ0v) is 23.2. The molecule has 196 valence electrons. The zero-order chi connectivity index (χ0) is 27.0. The average molecular weight is 540 g/mol. The Balaban J connectivity index is 2.04. The standard InChI is InChI=1S/C28H33N3O4S2/c1-5-26(28(33)29-3)30(19-22-9-7-6-8-10-22)27(32)20-31(23-13-11-21(2)12-14-23)37(34,35)25-17-15-24(36-4)16-18-25/h6-18,26H,5,19-20H2,1-4H3,(H,29,33). The van der Waals surface area contributed by atoms with Gasteiger partial charge >= 0.3 is 0 Å². The fourth-order valence-electron chi connectivity index (χ4n) is 3.98. The van der Waals surface area contributed by atoms with Crippen LogP contribution in [0.2, 0.25) is 0 Å². The smallest absolute Gasteiger partial charge is 0.264 e. The highest BCUT2D eigenvalue weighted by Gasteiger charge is 2.33. The Morgan fingerprint density at radius 1 is 0.946 bits per heavy atom. The first-order valence-electron chi connectivity index (χ1n) is 12.0. The minimum atomic E-state index is -4.08. The molecule has 9 heteroatoms. The van der Waals surface area contributed by atoms with Crippen LogP contribution in [0, 0.1) is 6.92 Å². The molecule has 7 nitrogen and oxygen atoms in total. The maximum absolute atomic E-state index is 13.8. The lowest BCUT2D eigenvalue weighted by Crippen LogP contribution is -2.51. The lowest BCUT2D eigenvalue weighted by molar-refractivity contribution is -0.140. The summed E-state index contributed by atoms with van der Waals surface area (Å²) in [5.74, 6) is -0.770. The van der Waals surface area contributed by atoms with Crippen LogP contribution in [-0.4, -0.2) is 51.0 Å². The topological polar surface area (TPSA) is 86.8 Å². The summed E-state index contributed by atoms with van der Waals surface area (Å²) < 4.78 is 28.8. The number of amides is 2. The third-order valence-corrected chi connectivity index (χ3v) is 8.61. The van der Waals surface area contributed by atoms with E-state index in [2.05, 4.69) is 5.32 Å². The number of carbonyl (C=O) groups is 2. The third kappa shape index (κ3) is 6.93. The predicted molar refractivity (Wildman–Crippen MR) is 149 cm³/mol. The van der Waals surface area contributed by atoms with Crippen molar-refractivity contribution in [3.8, 4) is 0 Å². The molecule has 1 N–H and O–H groups in total. The molecule has 0 aliphatic rings. The number of hydrogen-bond donors (Lipinski definition) is 1. The molecule has 37 heavy (non-hydrogen) atoms. The monoisotopic (exact) mass is 539 g/mol. The van der Waals surface area contributed by atoms with Gasteiger partial charge in [-0.25, -0.2) is 8.42 Å². The normalized spacial score (nSPS) is 12.0. The molecule has 1 unspecified atom stereocenters. The molecule has 0 bridgehead atoms. The van der Waals surface area contributed by atoms with Crippen LogP contribution in [0.1, 0.15) is 24.5 Å². The van der Waals surface area contributed by atoms with E-state index in [4.69, 9.17) is 0 Å². The predicted octanol–water partition coefficient (Wildman–Crippen LogP) is 4.47. The maximum Gasteiger partial charge on any atom is 0.264 e. The van der Waals surface area contributed by atoms with Gasteiger partial charge in [-0.15, -0.1) is 11.8 Å². The molecule has 0 saturated heterocycles. The Morgan fingerprint density at radius 2 is 1.57 bits per heavy atom. The molecule has 3 rings (SSSR count). The van der Waals surface area contributed by atoms with E-state index in [-0.39, 0.29) is 17.3 Å². The summed E-state index contributed by atoms with van der Waals surface area (Å²) in [5, 5.41) is 2.63. The van der Waals surface area contributed by atoms with Gasteiger partial charge in [-0.3, -0.25) is 13.9 Å². The summed E-state index contributed by atoms with van der Waals surface area (Å²) in [6.45, 7) is 3.46. The number of anilines is 1. The largest absolute Gasteiger partial charge is 0.357 e. The van der Waals surface area contributed by atoms with Crippen LogP contribution in [0.15, 0.2) is 88.7 Å². The van der Waals surface area contributed by atoms with Gasteiger partial charge in [0.15, 0.2) is 0 Å². The summed E-state index contributed by atoms with van der Waals surface area (Å²) in [6.07, 6.45) is 2.30. The van der Waals surface area contributed by atoms with E-state index in [0.29, 0.717) is 12.1 Å². The molecule has 1 atom stereocenters. The molecule has 2 amide bonds. The molecule has 0 aliphatic heterocycles. The third-order valence-electron chi connectivity index (χ3n) is 6.08. The van der Waals surface area contributed by atoms with Gasteiger partial charge in [0.25, 0.3) is 10.0 Å². The molecule has 0 fully saturated rings. The number of likely N-dealkylation sites (N-methyl/N-ethyl adjacent to an activating group) is 1. The second kappa shape index (κ2) is 12.8. The van der Waals surface area contributed by atoms with Gasteiger partial charge in [-0.2, -0.15) is 0 Å². The van der Waals surface area contributed by atoms with E-state index in [1.807, 2.05) is 50.4 Å². The van der Waals surface area contributed by atoms with Crippen LogP contribution in [0.3, 0.4) is 0 Å². The van der Waals surface area contributed by atoms with E-state index < -0.39 is 28.5 Å². The van der Waals surface area contributed by atoms with Crippen LogP contribution in [0.4, 0.5) is 5.69 Å². The summed E-state index contributed by atoms with van der Waals surface area (Å²) in [6, 6.07) is 22.2. The number of aryl methyl sites for hydroxylation is 1. The van der Waals surface area contributed by atoms with Crippen LogP contribution in [-0.2, 0) is 26.2 Å². The second-order valence-corrected chi connectivity index (χ2v) is 11.3. The zero-order valence-electron chi connectivity index (χ0n) is 21.5. The van der Waals surface area contributed by atoms with Crippen LogP contribution in [0.25, 0.3) is 0 Å². The number of benzene rings is 3. The van der Waals surface area contributed by atoms with E-state index in [1.54, 1.807) is 48.5 Å². The van der Waals surface area contributed by atoms with Crippen LogP contribution in [0.5, 0.6) is 0 Å². The highest BCUT2D eigenvalue weighted by atomic mass is 32.2. The quantitative estimate of drug-likeness (QED) is 0.364. The molecule has 0 heterocycles. The molecule has 3 aromatic carbocycles. The van der Waals surface area contributed by atoms with Crippen LogP contribution < -0.4 is 9.62 Å². The first-order chi connectivity index (χ1) is 17.7. The van der Waals surface area contributed by atoms with Crippen molar-refractivity contribution in [2.45, 2.75) is 42.6 Å². The van der Waals surface area contributed by atoms with E-state index in [9.17, 15) is 18.0 Å². The lowest BCUT2D eigenvalue weighted by atomic mass is 10.1. The summed E-state index contributed by atoms with van der Waals surface area (Å²) in [4.78, 5) is 29.0. The number of sulfonamides is 1. The van der Waals surface area contributed by atoms with Crippen molar-refractivity contribution in [1.29, 1.82) is 0 Å². The Kier molecular flexibility index (Phi) is 9.77. The fourth-order valence-corrected chi connectivity index (χ4v) is 5.80. The van der Waals surface area contributed by atoms with Crippen LogP contribution >= 0.6 is 11.8 Å². The van der Waals surface area contributed by atoms with E-state index >= 15 is 0 Å². The Hall–Kier alpha value is -3.30. The first-order valence-corrected chi connectivity index (χ1v) is 14.7. The highest BCUT2D eigenvalue weighted by Crippen LogP contribution is 2.26. The molecule has 0 spiro atoms. The van der Waals surface area contributed by atoms with Gasteiger partial charge < -0.3 is 10.2 Å². The number of nitrogens with zero attached hydrogens (tertiary/aromatic N) is 2. The number of nitrogens with one attached hydrogen (secondary N) is 1. The average Bonchev–Trinajstić information content (AvgIpc) is 2.92. The summed E-state index contributed by atoms with van der Waals surface area (Å²) >= 11 is 1.51. The second-order valence-electron chi connectivity index (χ2n) is 8.57. The van der Waals surface area contributed by atoms with Crippen molar-refractivity contribution in [2.75, 3.05) is 24.2 Å². The highest BCUT2D eigenvalue weighted by molar-refractivity contribution is 7.98. The maximum atomic E-state index is 13.8. The Bertz CT molecular complexity index is 1300. The Labute approximate surface area is 223 Å².